The van der Waals surface area contributed by atoms with Crippen molar-refractivity contribution in [1.82, 2.24) is 10.2 Å². The van der Waals surface area contributed by atoms with E-state index in [2.05, 4.69) is 29.4 Å². The molecule has 0 saturated heterocycles. The van der Waals surface area contributed by atoms with Gasteiger partial charge in [0.15, 0.2) is 0 Å². The van der Waals surface area contributed by atoms with Gasteiger partial charge in [0.05, 0.1) is 12.2 Å². The van der Waals surface area contributed by atoms with Gasteiger partial charge in [-0.1, -0.05) is 26.0 Å². The lowest BCUT2D eigenvalue weighted by Crippen LogP contribution is -2.29. The smallest absolute Gasteiger partial charge is 0.249 e. The fourth-order valence-corrected chi connectivity index (χ4v) is 1.83. The number of hydrogen-bond acceptors (Lipinski definition) is 5. The zero-order valence-electron chi connectivity index (χ0n) is 12.2. The number of nitrogens with zero attached hydrogens (tertiary/aromatic N) is 2. The zero-order valence-corrected chi connectivity index (χ0v) is 12.2. The van der Waals surface area contributed by atoms with Crippen LogP contribution in [-0.2, 0) is 0 Å². The Labute approximate surface area is 119 Å². The van der Waals surface area contributed by atoms with Gasteiger partial charge in [0.1, 0.15) is 0 Å². The molecule has 2 rings (SSSR count). The molecule has 1 atom stereocenters. The van der Waals surface area contributed by atoms with Gasteiger partial charge in [-0.2, -0.15) is 0 Å². The van der Waals surface area contributed by atoms with E-state index in [4.69, 9.17) is 4.42 Å². The van der Waals surface area contributed by atoms with Crippen LogP contribution >= 0.6 is 0 Å². The summed E-state index contributed by atoms with van der Waals surface area (Å²) in [7, 11) is 0. The molecule has 20 heavy (non-hydrogen) atoms. The third-order valence-corrected chi connectivity index (χ3v) is 3.62. The Bertz CT molecular complexity index is 562. The molecule has 0 bridgehead atoms. The Morgan fingerprint density at radius 1 is 1.30 bits per heavy atom. The summed E-state index contributed by atoms with van der Waals surface area (Å²) < 4.78 is 5.48. The number of aliphatic hydroxyl groups is 1. The Hall–Kier alpha value is -1.88. The molecule has 2 aromatic rings. The minimum absolute atomic E-state index is 0.141. The molecule has 0 amide bonds. The number of rotatable bonds is 6. The van der Waals surface area contributed by atoms with Crippen LogP contribution in [-0.4, -0.2) is 28.5 Å². The van der Waals surface area contributed by atoms with Crippen molar-refractivity contribution in [2.45, 2.75) is 27.2 Å². The molecule has 0 aliphatic rings. The van der Waals surface area contributed by atoms with E-state index in [9.17, 15) is 5.11 Å². The van der Waals surface area contributed by atoms with E-state index < -0.39 is 0 Å². The highest BCUT2D eigenvalue weighted by Gasteiger charge is 2.21. The molecule has 0 spiro atoms. The van der Waals surface area contributed by atoms with Crippen LogP contribution in [0.4, 0.5) is 5.69 Å². The third kappa shape index (κ3) is 3.17. The second-order valence-electron chi connectivity index (χ2n) is 5.35. The van der Waals surface area contributed by atoms with Crippen LogP contribution in [0.25, 0.3) is 11.5 Å². The summed E-state index contributed by atoms with van der Waals surface area (Å²) in [5.41, 5.74) is 1.67. The first-order valence-corrected chi connectivity index (χ1v) is 6.82. The molecule has 2 N–H and O–H groups in total. The summed E-state index contributed by atoms with van der Waals surface area (Å²) in [5.74, 6) is 1.05. The lowest BCUT2D eigenvalue weighted by Gasteiger charge is -2.26. The molecule has 0 aliphatic carbocycles. The number of benzene rings is 1. The largest absolute Gasteiger partial charge is 0.421 e. The van der Waals surface area contributed by atoms with Gasteiger partial charge < -0.3 is 14.8 Å². The summed E-state index contributed by atoms with van der Waals surface area (Å²) in [5, 5.41) is 20.8. The number of anilines is 1. The average molecular weight is 275 g/mol. The molecular weight excluding hydrogens is 254 g/mol. The van der Waals surface area contributed by atoms with Crippen LogP contribution in [0.5, 0.6) is 0 Å². The molecule has 1 unspecified atom stereocenters. The summed E-state index contributed by atoms with van der Waals surface area (Å²) in [6, 6.07) is 7.81. The number of nitrogens with one attached hydrogen (secondary N) is 1. The van der Waals surface area contributed by atoms with Crippen LogP contribution < -0.4 is 5.32 Å². The summed E-state index contributed by atoms with van der Waals surface area (Å²) >= 11 is 0. The predicted octanol–water partition coefficient (Wildman–Crippen LogP) is 2.87. The monoisotopic (exact) mass is 275 g/mol. The van der Waals surface area contributed by atoms with Crippen molar-refractivity contribution in [3.63, 3.8) is 0 Å². The maximum atomic E-state index is 9.47. The molecule has 5 heteroatoms. The number of aromatic nitrogens is 2. The van der Waals surface area contributed by atoms with Crippen LogP contribution in [0.1, 0.15) is 26.2 Å². The van der Waals surface area contributed by atoms with Crippen molar-refractivity contribution >= 4 is 5.69 Å². The molecule has 0 aliphatic heterocycles. The number of aryl methyl sites for hydroxylation is 1. The minimum atomic E-state index is -0.141. The SMILES string of the molecule is CCC(C)(CO)CNc1ccccc1-c1nnc(C)o1. The first-order chi connectivity index (χ1) is 9.58. The van der Waals surface area contributed by atoms with Crippen LogP contribution in [0, 0.1) is 12.3 Å². The van der Waals surface area contributed by atoms with Gasteiger partial charge in [0, 0.05) is 24.6 Å². The van der Waals surface area contributed by atoms with Gasteiger partial charge in [-0.15, -0.1) is 10.2 Å². The molecule has 108 valence electrons. The van der Waals surface area contributed by atoms with E-state index in [0.717, 1.165) is 17.7 Å². The highest BCUT2D eigenvalue weighted by molar-refractivity contribution is 5.72. The van der Waals surface area contributed by atoms with Crippen molar-refractivity contribution < 1.29 is 9.52 Å². The number of hydrogen-bond donors (Lipinski definition) is 2. The molecule has 0 saturated carbocycles. The lowest BCUT2D eigenvalue weighted by molar-refractivity contribution is 0.149. The predicted molar refractivity (Wildman–Crippen MR) is 78.4 cm³/mol. The van der Waals surface area contributed by atoms with Crippen LogP contribution in [0.2, 0.25) is 0 Å². The molecule has 1 heterocycles. The molecule has 0 fully saturated rings. The normalized spacial score (nSPS) is 14.0. The maximum absolute atomic E-state index is 9.47. The second-order valence-corrected chi connectivity index (χ2v) is 5.35. The maximum Gasteiger partial charge on any atom is 0.249 e. The van der Waals surface area contributed by atoms with Gasteiger partial charge in [-0.05, 0) is 18.6 Å². The number of aliphatic hydroxyl groups excluding tert-OH is 1. The quantitative estimate of drug-likeness (QED) is 0.848. The Kier molecular flexibility index (Phi) is 4.39. The standard InChI is InChI=1S/C15H21N3O2/c1-4-15(3,10-19)9-16-13-8-6-5-7-12(13)14-18-17-11(2)20-14/h5-8,16,19H,4,9-10H2,1-3H3. The Morgan fingerprint density at radius 2 is 2.05 bits per heavy atom. The average Bonchev–Trinajstić information content (AvgIpc) is 2.91. The van der Waals surface area contributed by atoms with E-state index in [0.29, 0.717) is 18.3 Å². The van der Waals surface area contributed by atoms with Crippen molar-refractivity contribution in [3.8, 4) is 11.5 Å². The highest BCUT2D eigenvalue weighted by Crippen LogP contribution is 2.28. The third-order valence-electron chi connectivity index (χ3n) is 3.62. The topological polar surface area (TPSA) is 71.2 Å². The molecule has 0 radical (unpaired) electrons. The van der Waals surface area contributed by atoms with Crippen molar-refractivity contribution in [3.05, 3.63) is 30.2 Å². The Morgan fingerprint density at radius 3 is 2.65 bits per heavy atom. The summed E-state index contributed by atoms with van der Waals surface area (Å²) in [6.45, 7) is 6.74. The van der Waals surface area contributed by atoms with Crippen molar-refractivity contribution in [2.75, 3.05) is 18.5 Å². The Balaban J connectivity index is 2.21. The first kappa shape index (κ1) is 14.5. The van der Waals surface area contributed by atoms with E-state index in [-0.39, 0.29) is 12.0 Å². The van der Waals surface area contributed by atoms with Gasteiger partial charge >= 0.3 is 0 Å². The molecule has 1 aromatic heterocycles. The van der Waals surface area contributed by atoms with Crippen molar-refractivity contribution in [2.24, 2.45) is 5.41 Å². The van der Waals surface area contributed by atoms with E-state index in [1.807, 2.05) is 24.3 Å². The molecule has 1 aromatic carbocycles. The van der Waals surface area contributed by atoms with Crippen LogP contribution in [0.15, 0.2) is 28.7 Å². The summed E-state index contributed by atoms with van der Waals surface area (Å²) in [4.78, 5) is 0. The van der Waals surface area contributed by atoms with Gasteiger partial charge in [-0.3, -0.25) is 0 Å². The van der Waals surface area contributed by atoms with Gasteiger partial charge in [0.25, 0.3) is 0 Å². The fourth-order valence-electron chi connectivity index (χ4n) is 1.83. The lowest BCUT2D eigenvalue weighted by atomic mass is 9.88. The van der Waals surface area contributed by atoms with Gasteiger partial charge in [0.2, 0.25) is 11.8 Å². The molecular formula is C15H21N3O2. The van der Waals surface area contributed by atoms with E-state index in [1.165, 1.54) is 0 Å². The first-order valence-electron chi connectivity index (χ1n) is 6.82. The fraction of sp³-hybridized carbons (Fsp3) is 0.467. The zero-order chi connectivity index (χ0) is 14.6. The van der Waals surface area contributed by atoms with Crippen molar-refractivity contribution in [1.29, 1.82) is 0 Å². The van der Waals surface area contributed by atoms with E-state index in [1.54, 1.807) is 6.92 Å². The molecule has 5 nitrogen and oxygen atoms in total. The van der Waals surface area contributed by atoms with E-state index >= 15 is 0 Å². The van der Waals surface area contributed by atoms with Crippen LogP contribution in [0.3, 0.4) is 0 Å². The number of para-hydroxylation sites is 1. The summed E-state index contributed by atoms with van der Waals surface area (Å²) in [6.07, 6.45) is 0.901. The minimum Gasteiger partial charge on any atom is -0.421 e. The second kappa shape index (κ2) is 6.05. The van der Waals surface area contributed by atoms with Gasteiger partial charge in [-0.25, -0.2) is 0 Å². The highest BCUT2D eigenvalue weighted by atomic mass is 16.4.